The van der Waals surface area contributed by atoms with Crippen LogP contribution in [0.5, 0.6) is 5.75 Å². The van der Waals surface area contributed by atoms with Crippen molar-refractivity contribution >= 4 is 16.1 Å². The van der Waals surface area contributed by atoms with E-state index < -0.39 is 33.9 Å². The summed E-state index contributed by atoms with van der Waals surface area (Å²) in [7, 11) is -2.54. The Hall–Kier alpha value is -2.01. The fourth-order valence-corrected chi connectivity index (χ4v) is 3.64. The summed E-state index contributed by atoms with van der Waals surface area (Å²) in [5, 5.41) is 5.39. The van der Waals surface area contributed by atoms with Gasteiger partial charge < -0.3 is 15.4 Å². The fraction of sp³-hybridized carbons (Fsp3) is 0.562. The molecule has 7 nitrogen and oxygen atoms in total. The van der Waals surface area contributed by atoms with E-state index in [-0.39, 0.29) is 18.2 Å². The number of carbonyl (C=O) groups is 1. The third-order valence-electron chi connectivity index (χ3n) is 4.28. The monoisotopic (exact) mass is 409 g/mol. The molecular weight excluding hydrogens is 387 g/mol. The minimum absolute atomic E-state index is 0.0961. The number of rotatable bonds is 6. The van der Waals surface area contributed by atoms with Crippen molar-refractivity contribution in [1.29, 1.82) is 0 Å². The van der Waals surface area contributed by atoms with E-state index >= 15 is 0 Å². The van der Waals surface area contributed by atoms with Gasteiger partial charge in [0.25, 0.3) is 0 Å². The van der Waals surface area contributed by atoms with Gasteiger partial charge in [-0.15, -0.1) is 0 Å². The molecule has 0 spiro atoms. The molecular formula is C16H22F3N3O4S. The smallest absolute Gasteiger partial charge is 0.416 e. The van der Waals surface area contributed by atoms with Crippen LogP contribution in [0.2, 0.25) is 0 Å². The highest BCUT2D eigenvalue weighted by Crippen LogP contribution is 2.31. The van der Waals surface area contributed by atoms with Gasteiger partial charge >= 0.3 is 12.2 Å². The van der Waals surface area contributed by atoms with Crippen molar-refractivity contribution in [2.75, 3.05) is 32.9 Å². The summed E-state index contributed by atoms with van der Waals surface area (Å²) in [6.07, 6.45) is -3.57. The van der Waals surface area contributed by atoms with Crippen molar-refractivity contribution in [2.24, 2.45) is 5.92 Å². The SMILES string of the molecule is CNC(=O)N(C[C@@H](Oc1ccc(C(F)(F)F)cc1)[C@H]1CCNC1)S(C)(=O)=O. The molecule has 1 fully saturated rings. The lowest BCUT2D eigenvalue weighted by atomic mass is 10.0. The molecule has 0 aromatic heterocycles. The minimum atomic E-state index is -4.46. The van der Waals surface area contributed by atoms with E-state index in [9.17, 15) is 26.4 Å². The van der Waals surface area contributed by atoms with E-state index in [0.717, 1.165) is 18.4 Å². The van der Waals surface area contributed by atoms with Crippen LogP contribution in [0, 0.1) is 5.92 Å². The number of carbonyl (C=O) groups excluding carboxylic acids is 1. The highest BCUT2D eigenvalue weighted by Gasteiger charge is 2.34. The Labute approximate surface area is 155 Å². The van der Waals surface area contributed by atoms with Crippen LogP contribution in [-0.4, -0.2) is 57.8 Å². The van der Waals surface area contributed by atoms with Crippen LogP contribution in [0.1, 0.15) is 12.0 Å². The lowest BCUT2D eigenvalue weighted by Crippen LogP contribution is -2.49. The molecule has 1 aromatic carbocycles. The number of nitrogens with zero attached hydrogens (tertiary/aromatic N) is 1. The Bertz CT molecular complexity index is 747. The molecule has 0 aliphatic carbocycles. The molecule has 1 aliphatic rings. The lowest BCUT2D eigenvalue weighted by molar-refractivity contribution is -0.137. The largest absolute Gasteiger partial charge is 0.488 e. The van der Waals surface area contributed by atoms with Gasteiger partial charge in [0.1, 0.15) is 11.9 Å². The first-order chi connectivity index (χ1) is 12.5. The molecule has 0 saturated carbocycles. The van der Waals surface area contributed by atoms with Gasteiger partial charge in [0.15, 0.2) is 0 Å². The molecule has 1 heterocycles. The van der Waals surface area contributed by atoms with Crippen molar-refractivity contribution in [3.8, 4) is 5.75 Å². The Kier molecular flexibility index (Phi) is 6.58. The molecule has 1 saturated heterocycles. The van der Waals surface area contributed by atoms with Gasteiger partial charge in [-0.3, -0.25) is 0 Å². The van der Waals surface area contributed by atoms with Gasteiger partial charge in [-0.25, -0.2) is 17.5 Å². The summed E-state index contributed by atoms with van der Waals surface area (Å²) in [6.45, 7) is 1.01. The first kappa shape index (κ1) is 21.3. The number of nitrogens with one attached hydrogen (secondary N) is 2. The van der Waals surface area contributed by atoms with E-state index in [4.69, 9.17) is 4.74 Å². The van der Waals surface area contributed by atoms with Crippen LogP contribution in [0.15, 0.2) is 24.3 Å². The molecule has 11 heteroatoms. The number of ether oxygens (including phenoxy) is 1. The van der Waals surface area contributed by atoms with Gasteiger partial charge in [0.05, 0.1) is 18.4 Å². The van der Waals surface area contributed by atoms with Crippen LogP contribution in [-0.2, 0) is 16.2 Å². The Morgan fingerprint density at radius 1 is 1.37 bits per heavy atom. The predicted octanol–water partition coefficient (Wildman–Crippen LogP) is 1.66. The van der Waals surface area contributed by atoms with Gasteiger partial charge in [0.2, 0.25) is 10.0 Å². The van der Waals surface area contributed by atoms with Gasteiger partial charge in [-0.05, 0) is 37.2 Å². The Morgan fingerprint density at radius 2 is 2.00 bits per heavy atom. The van der Waals surface area contributed by atoms with E-state index in [0.29, 0.717) is 23.8 Å². The second-order valence-electron chi connectivity index (χ2n) is 6.28. The molecule has 27 heavy (non-hydrogen) atoms. The molecule has 2 atom stereocenters. The molecule has 0 bridgehead atoms. The Morgan fingerprint density at radius 3 is 2.44 bits per heavy atom. The first-order valence-corrected chi connectivity index (χ1v) is 10.1. The van der Waals surface area contributed by atoms with E-state index in [1.807, 2.05) is 0 Å². The van der Waals surface area contributed by atoms with Crippen molar-refractivity contribution in [1.82, 2.24) is 14.9 Å². The van der Waals surface area contributed by atoms with Crippen LogP contribution in [0.25, 0.3) is 0 Å². The lowest BCUT2D eigenvalue weighted by Gasteiger charge is -2.29. The second-order valence-corrected chi connectivity index (χ2v) is 8.19. The molecule has 0 unspecified atom stereocenters. The van der Waals surface area contributed by atoms with Crippen LogP contribution in [0.4, 0.5) is 18.0 Å². The number of halogens is 3. The van der Waals surface area contributed by atoms with Crippen molar-refractivity contribution < 1.29 is 31.1 Å². The van der Waals surface area contributed by atoms with Crippen molar-refractivity contribution in [3.05, 3.63) is 29.8 Å². The quantitative estimate of drug-likeness (QED) is 0.746. The molecule has 0 radical (unpaired) electrons. The molecule has 2 amide bonds. The van der Waals surface area contributed by atoms with Crippen LogP contribution < -0.4 is 15.4 Å². The third-order valence-corrected chi connectivity index (χ3v) is 5.40. The first-order valence-electron chi connectivity index (χ1n) is 8.26. The maximum Gasteiger partial charge on any atom is 0.416 e. The number of benzene rings is 1. The zero-order valence-corrected chi connectivity index (χ0v) is 15.7. The highest BCUT2D eigenvalue weighted by molar-refractivity contribution is 7.88. The number of sulfonamides is 1. The summed E-state index contributed by atoms with van der Waals surface area (Å²) >= 11 is 0. The number of hydrogen-bond acceptors (Lipinski definition) is 5. The molecule has 1 aliphatic heterocycles. The van der Waals surface area contributed by atoms with E-state index in [2.05, 4.69) is 10.6 Å². The standard InChI is InChI=1S/C16H22F3N3O4S/c1-20-15(23)22(27(2,24)25)10-14(11-7-8-21-9-11)26-13-5-3-12(4-6-13)16(17,18)19/h3-6,11,14,21H,7-10H2,1-2H3,(H,20,23)/t11-,14+/m0/s1. The Balaban J connectivity index is 2.23. The van der Waals surface area contributed by atoms with Gasteiger partial charge in [-0.1, -0.05) is 0 Å². The summed E-state index contributed by atoms with van der Waals surface area (Å²) in [6, 6.07) is 3.36. The van der Waals surface area contributed by atoms with Crippen molar-refractivity contribution in [2.45, 2.75) is 18.7 Å². The zero-order chi connectivity index (χ0) is 20.2. The summed E-state index contributed by atoms with van der Waals surface area (Å²) < 4.78 is 68.5. The predicted molar refractivity (Wildman–Crippen MR) is 92.8 cm³/mol. The number of alkyl halides is 3. The maximum atomic E-state index is 12.7. The minimum Gasteiger partial charge on any atom is -0.488 e. The molecule has 2 N–H and O–H groups in total. The maximum absolute atomic E-state index is 12.7. The molecule has 152 valence electrons. The van der Waals surface area contributed by atoms with Crippen LogP contribution in [0.3, 0.4) is 0 Å². The van der Waals surface area contributed by atoms with Crippen LogP contribution >= 0.6 is 0 Å². The van der Waals surface area contributed by atoms with E-state index in [1.54, 1.807) is 0 Å². The normalized spacial score (nSPS) is 18.8. The van der Waals surface area contributed by atoms with E-state index in [1.165, 1.54) is 19.2 Å². The topological polar surface area (TPSA) is 87.7 Å². The summed E-state index contributed by atoms with van der Waals surface area (Å²) in [5.74, 6) is 0.0754. The second kappa shape index (κ2) is 8.34. The number of urea groups is 1. The zero-order valence-electron chi connectivity index (χ0n) is 14.9. The van der Waals surface area contributed by atoms with Crippen molar-refractivity contribution in [3.63, 3.8) is 0 Å². The molecule has 1 aromatic rings. The summed E-state index contributed by atoms with van der Waals surface area (Å²) in [5.41, 5.74) is -0.808. The molecule has 2 rings (SSSR count). The van der Waals surface area contributed by atoms with Gasteiger partial charge in [0, 0.05) is 19.5 Å². The summed E-state index contributed by atoms with van der Waals surface area (Å²) in [4.78, 5) is 12.0. The third kappa shape index (κ3) is 5.73. The van der Waals surface area contributed by atoms with Gasteiger partial charge in [-0.2, -0.15) is 13.2 Å². The average molecular weight is 409 g/mol. The number of amides is 2. The number of hydrogen-bond donors (Lipinski definition) is 2. The highest BCUT2D eigenvalue weighted by atomic mass is 32.2. The fourth-order valence-electron chi connectivity index (χ4n) is 2.83. The average Bonchev–Trinajstić information content (AvgIpc) is 3.11.